The lowest BCUT2D eigenvalue weighted by molar-refractivity contribution is -0.149. The van der Waals surface area contributed by atoms with Crippen molar-refractivity contribution in [3.05, 3.63) is 36.3 Å². The Balaban J connectivity index is 0.00000320. The molecule has 0 amide bonds. The monoisotopic (exact) mass is 530 g/mol. The van der Waals surface area contributed by atoms with Crippen LogP contribution in [0, 0.1) is 5.92 Å². The van der Waals surface area contributed by atoms with Crippen LogP contribution in [0.1, 0.15) is 38.3 Å². The molecule has 3 heterocycles. The third kappa shape index (κ3) is 6.71. The maximum absolute atomic E-state index is 12.0. The van der Waals surface area contributed by atoms with Crippen LogP contribution in [0.3, 0.4) is 0 Å². The van der Waals surface area contributed by atoms with E-state index >= 15 is 0 Å². The van der Waals surface area contributed by atoms with E-state index in [0.717, 1.165) is 56.4 Å². The van der Waals surface area contributed by atoms with Crippen LogP contribution in [0.25, 0.3) is 0 Å². The molecular formula is C20H31IN6O3. The van der Waals surface area contributed by atoms with Crippen LogP contribution in [-0.2, 0) is 29.0 Å². The summed E-state index contributed by atoms with van der Waals surface area (Å²) >= 11 is 0. The van der Waals surface area contributed by atoms with E-state index in [1.807, 2.05) is 23.6 Å². The first-order valence-electron chi connectivity index (χ1n) is 10.3. The van der Waals surface area contributed by atoms with Crippen LogP contribution < -0.4 is 5.32 Å². The summed E-state index contributed by atoms with van der Waals surface area (Å²) in [5.74, 6) is 2.50. The summed E-state index contributed by atoms with van der Waals surface area (Å²) in [4.78, 5) is 18.9. The van der Waals surface area contributed by atoms with E-state index in [1.54, 1.807) is 12.6 Å². The van der Waals surface area contributed by atoms with Gasteiger partial charge in [-0.15, -0.1) is 34.2 Å². The predicted molar refractivity (Wildman–Crippen MR) is 124 cm³/mol. The molecule has 0 spiro atoms. The average molecular weight is 530 g/mol. The van der Waals surface area contributed by atoms with E-state index in [2.05, 4.69) is 27.3 Å². The maximum atomic E-state index is 12.0. The predicted octanol–water partition coefficient (Wildman–Crippen LogP) is 2.47. The maximum Gasteiger partial charge on any atom is 0.309 e. The molecule has 10 heteroatoms. The molecule has 0 aromatic carbocycles. The Morgan fingerprint density at radius 3 is 2.83 bits per heavy atom. The summed E-state index contributed by atoms with van der Waals surface area (Å²) in [5, 5.41) is 11.6. The molecule has 1 fully saturated rings. The largest absolute Gasteiger partial charge is 0.467 e. The molecule has 1 N–H and O–H groups in total. The lowest BCUT2D eigenvalue weighted by Crippen LogP contribution is -2.47. The van der Waals surface area contributed by atoms with Crippen LogP contribution >= 0.6 is 24.0 Å². The summed E-state index contributed by atoms with van der Waals surface area (Å²) in [6.45, 7) is 7.81. The van der Waals surface area contributed by atoms with E-state index in [1.165, 1.54) is 0 Å². The third-order valence-corrected chi connectivity index (χ3v) is 5.03. The van der Waals surface area contributed by atoms with Crippen LogP contribution in [-0.4, -0.2) is 57.8 Å². The van der Waals surface area contributed by atoms with Gasteiger partial charge in [0.1, 0.15) is 24.5 Å². The third-order valence-electron chi connectivity index (χ3n) is 5.03. The summed E-state index contributed by atoms with van der Waals surface area (Å²) in [6, 6.07) is 3.78. The van der Waals surface area contributed by atoms with Gasteiger partial charge in [0.05, 0.1) is 18.8 Å². The molecule has 0 saturated carbocycles. The van der Waals surface area contributed by atoms with E-state index in [-0.39, 0.29) is 35.9 Å². The van der Waals surface area contributed by atoms with Gasteiger partial charge in [0.2, 0.25) is 0 Å². The minimum Gasteiger partial charge on any atom is -0.467 e. The lowest BCUT2D eigenvalue weighted by Gasteiger charge is -2.33. The minimum absolute atomic E-state index is 0. The highest BCUT2D eigenvalue weighted by Crippen LogP contribution is 2.19. The molecule has 0 bridgehead atoms. The number of carbonyl (C=O) groups excluding carboxylic acids is 1. The number of carbonyl (C=O) groups is 1. The van der Waals surface area contributed by atoms with Gasteiger partial charge in [0.15, 0.2) is 5.96 Å². The minimum atomic E-state index is -0.0890. The zero-order chi connectivity index (χ0) is 20.5. The SMILES string of the molecule is CCOC(=O)C1CCN(C(=NCc2ccco2)NCCn2cnnc2CC)CC1.I. The van der Waals surface area contributed by atoms with E-state index < -0.39 is 0 Å². The molecular weight excluding hydrogens is 499 g/mol. The molecule has 30 heavy (non-hydrogen) atoms. The molecule has 0 radical (unpaired) electrons. The van der Waals surface area contributed by atoms with Crippen molar-refractivity contribution in [3.8, 4) is 0 Å². The molecule has 0 aliphatic carbocycles. The molecule has 0 atom stereocenters. The van der Waals surface area contributed by atoms with Gasteiger partial charge in [-0.05, 0) is 31.9 Å². The number of hydrogen-bond donors (Lipinski definition) is 1. The van der Waals surface area contributed by atoms with Gasteiger partial charge in [0, 0.05) is 32.6 Å². The first-order valence-corrected chi connectivity index (χ1v) is 10.3. The number of esters is 1. The number of likely N-dealkylation sites (tertiary alicyclic amines) is 1. The highest BCUT2D eigenvalue weighted by molar-refractivity contribution is 14.0. The smallest absolute Gasteiger partial charge is 0.309 e. The Morgan fingerprint density at radius 2 is 2.17 bits per heavy atom. The zero-order valence-electron chi connectivity index (χ0n) is 17.6. The number of rotatable bonds is 8. The number of hydrogen-bond acceptors (Lipinski definition) is 6. The lowest BCUT2D eigenvalue weighted by atomic mass is 9.97. The van der Waals surface area contributed by atoms with Crippen molar-refractivity contribution in [2.24, 2.45) is 10.9 Å². The molecule has 1 aliphatic heterocycles. The van der Waals surface area contributed by atoms with Crippen LogP contribution in [0.4, 0.5) is 0 Å². The van der Waals surface area contributed by atoms with Gasteiger partial charge < -0.3 is 23.9 Å². The number of furan rings is 1. The van der Waals surface area contributed by atoms with E-state index in [0.29, 0.717) is 19.7 Å². The molecule has 166 valence electrons. The molecule has 1 saturated heterocycles. The molecule has 3 rings (SSSR count). The second-order valence-corrected chi connectivity index (χ2v) is 6.95. The van der Waals surface area contributed by atoms with Crippen molar-refractivity contribution in [2.75, 3.05) is 26.2 Å². The highest BCUT2D eigenvalue weighted by Gasteiger charge is 2.27. The quantitative estimate of drug-likeness (QED) is 0.243. The fraction of sp³-hybridized carbons (Fsp3) is 0.600. The van der Waals surface area contributed by atoms with Gasteiger partial charge in [-0.1, -0.05) is 6.92 Å². The first kappa shape index (κ1) is 24.2. The Bertz CT molecular complexity index is 784. The summed E-state index contributed by atoms with van der Waals surface area (Å²) in [5.41, 5.74) is 0. The van der Waals surface area contributed by atoms with Gasteiger partial charge in [0.25, 0.3) is 0 Å². The normalized spacial score (nSPS) is 15.0. The zero-order valence-corrected chi connectivity index (χ0v) is 20.0. The number of halogens is 1. The summed E-state index contributed by atoms with van der Waals surface area (Å²) in [7, 11) is 0. The molecule has 2 aromatic heterocycles. The second kappa shape index (κ2) is 12.6. The number of guanidine groups is 1. The summed E-state index contributed by atoms with van der Waals surface area (Å²) in [6.07, 6.45) is 5.80. The first-order chi connectivity index (χ1) is 14.2. The van der Waals surface area contributed by atoms with Gasteiger partial charge in [-0.25, -0.2) is 4.99 Å². The van der Waals surface area contributed by atoms with E-state index in [9.17, 15) is 4.79 Å². The molecule has 9 nitrogen and oxygen atoms in total. The fourth-order valence-corrected chi connectivity index (χ4v) is 3.44. The summed E-state index contributed by atoms with van der Waals surface area (Å²) < 4.78 is 12.6. The topological polar surface area (TPSA) is 97.8 Å². The van der Waals surface area contributed by atoms with Crippen LogP contribution in [0.2, 0.25) is 0 Å². The van der Waals surface area contributed by atoms with Gasteiger partial charge in [-0.3, -0.25) is 4.79 Å². The van der Waals surface area contributed by atoms with Crippen molar-refractivity contribution < 1.29 is 13.9 Å². The van der Waals surface area contributed by atoms with Crippen LogP contribution in [0.15, 0.2) is 34.1 Å². The Hall–Kier alpha value is -2.11. The van der Waals surface area contributed by atoms with Crippen molar-refractivity contribution in [3.63, 3.8) is 0 Å². The number of aliphatic imine (C=N–C) groups is 1. The standard InChI is InChI=1S/C20H30N6O3.HI/c1-3-18-24-23-15-26(18)12-9-21-20(22-14-17-6-5-13-29-17)25-10-7-16(8-11-25)19(27)28-4-2;/h5-6,13,15-16H,3-4,7-12,14H2,1-2H3,(H,21,22);1H. The number of aromatic nitrogens is 3. The Kier molecular flexibility index (Phi) is 10.1. The van der Waals surface area contributed by atoms with Gasteiger partial charge >= 0.3 is 5.97 Å². The Morgan fingerprint density at radius 1 is 1.37 bits per heavy atom. The van der Waals surface area contributed by atoms with E-state index in [4.69, 9.17) is 14.1 Å². The fourth-order valence-electron chi connectivity index (χ4n) is 3.44. The Labute approximate surface area is 194 Å². The van der Waals surface area contributed by atoms with Gasteiger partial charge in [-0.2, -0.15) is 0 Å². The van der Waals surface area contributed by atoms with Crippen LogP contribution in [0.5, 0.6) is 0 Å². The molecule has 1 aliphatic rings. The number of aryl methyl sites for hydroxylation is 1. The van der Waals surface area contributed by atoms with Crippen molar-refractivity contribution >= 4 is 35.9 Å². The number of nitrogens with zero attached hydrogens (tertiary/aromatic N) is 5. The second-order valence-electron chi connectivity index (χ2n) is 6.95. The number of piperidine rings is 1. The average Bonchev–Trinajstić information content (AvgIpc) is 3.42. The van der Waals surface area contributed by atoms with Crippen molar-refractivity contribution in [1.29, 1.82) is 0 Å². The molecule has 0 unspecified atom stereocenters. The molecule has 2 aromatic rings. The van der Waals surface area contributed by atoms with Crippen molar-refractivity contribution in [2.45, 2.75) is 46.2 Å². The number of nitrogens with one attached hydrogen (secondary N) is 1. The van der Waals surface area contributed by atoms with Crippen molar-refractivity contribution in [1.82, 2.24) is 25.0 Å². The number of ether oxygens (including phenoxy) is 1. The highest BCUT2D eigenvalue weighted by atomic mass is 127.